The van der Waals surface area contributed by atoms with Crippen LogP contribution in [0.15, 0.2) is 40.5 Å². The van der Waals surface area contributed by atoms with Crippen LogP contribution in [-0.2, 0) is 13.0 Å². The smallest absolute Gasteiger partial charge is 0.272 e. The van der Waals surface area contributed by atoms with Crippen LogP contribution in [0.2, 0.25) is 5.02 Å². The molecule has 3 rings (SSSR count). The Balaban J connectivity index is 1.93. The maximum Gasteiger partial charge on any atom is 0.272 e. The number of rotatable bonds is 3. The molecule has 0 saturated carbocycles. The molecule has 0 unspecified atom stereocenters. The number of nitrogens with zero attached hydrogens (tertiary/aromatic N) is 1. The van der Waals surface area contributed by atoms with Crippen molar-refractivity contribution in [3.63, 3.8) is 0 Å². The van der Waals surface area contributed by atoms with Crippen molar-refractivity contribution in [3.05, 3.63) is 61.4 Å². The normalized spacial score (nSPS) is 11.1. The topological polar surface area (TPSA) is 37.8 Å². The van der Waals surface area contributed by atoms with Gasteiger partial charge in [0.1, 0.15) is 4.70 Å². The summed E-state index contributed by atoms with van der Waals surface area (Å²) in [6.07, 6.45) is 0.742. The van der Waals surface area contributed by atoms with Crippen LogP contribution in [0.4, 0.5) is 0 Å². The Morgan fingerprint density at radius 2 is 2.00 bits per heavy atom. The number of nitrogens with one attached hydrogen (secondary N) is 1. The third kappa shape index (κ3) is 2.57. The summed E-state index contributed by atoms with van der Waals surface area (Å²) in [6.45, 7) is 0.559. The van der Waals surface area contributed by atoms with Crippen LogP contribution in [0, 0.1) is 4.77 Å². The molecule has 0 aliphatic carbocycles. The van der Waals surface area contributed by atoms with Gasteiger partial charge in [0, 0.05) is 11.6 Å². The second kappa shape index (κ2) is 5.52. The number of aromatic amines is 1. The molecule has 3 nitrogen and oxygen atoms in total. The van der Waals surface area contributed by atoms with Crippen LogP contribution in [0.1, 0.15) is 5.56 Å². The molecule has 1 N–H and O–H groups in total. The maximum absolute atomic E-state index is 12.4. The average Bonchev–Trinajstić information content (AvgIpc) is 2.89. The molecule has 0 radical (unpaired) electrons. The van der Waals surface area contributed by atoms with Gasteiger partial charge in [0.05, 0.1) is 5.52 Å². The maximum atomic E-state index is 12.4. The molecule has 6 heteroatoms. The van der Waals surface area contributed by atoms with Crippen molar-refractivity contribution in [2.45, 2.75) is 13.0 Å². The van der Waals surface area contributed by atoms with Gasteiger partial charge < -0.3 is 4.98 Å². The summed E-state index contributed by atoms with van der Waals surface area (Å²) in [5, 5.41) is 2.60. The molecule has 20 heavy (non-hydrogen) atoms. The second-order valence-corrected chi connectivity index (χ2v) is 6.17. The number of hydrogen-bond acceptors (Lipinski definition) is 3. The number of H-pyrrole nitrogens is 1. The molecule has 102 valence electrons. The van der Waals surface area contributed by atoms with Crippen molar-refractivity contribution in [3.8, 4) is 0 Å². The molecule has 2 heterocycles. The minimum atomic E-state index is -0.0206. The lowest BCUT2D eigenvalue weighted by Crippen LogP contribution is -2.22. The first-order valence-electron chi connectivity index (χ1n) is 6.10. The lowest BCUT2D eigenvalue weighted by molar-refractivity contribution is 0.653. The molecule has 0 aliphatic rings. The number of benzene rings is 1. The molecular weight excluding hydrogens is 312 g/mol. The van der Waals surface area contributed by atoms with Gasteiger partial charge in [0.15, 0.2) is 4.77 Å². The standard InChI is InChI=1S/C14H11ClN2OS2/c15-10-3-1-9(2-4-10)5-7-17-13(18)12-11(6-8-20-12)16-14(17)19/h1-4,6,8H,5,7H2,(H,16,19). The summed E-state index contributed by atoms with van der Waals surface area (Å²) >= 11 is 12.5. The summed E-state index contributed by atoms with van der Waals surface area (Å²) in [5.74, 6) is 0. The minimum absolute atomic E-state index is 0.0206. The van der Waals surface area contributed by atoms with Crippen molar-refractivity contribution in [2.24, 2.45) is 0 Å². The molecule has 2 aromatic heterocycles. The van der Waals surface area contributed by atoms with Gasteiger partial charge in [-0.25, -0.2) is 0 Å². The van der Waals surface area contributed by atoms with Gasteiger partial charge in [-0.2, -0.15) is 0 Å². The number of fused-ring (bicyclic) bond motifs is 1. The van der Waals surface area contributed by atoms with Gasteiger partial charge in [0.2, 0.25) is 0 Å². The van der Waals surface area contributed by atoms with E-state index in [0.29, 0.717) is 16.3 Å². The van der Waals surface area contributed by atoms with Gasteiger partial charge in [-0.3, -0.25) is 9.36 Å². The second-order valence-electron chi connectivity index (χ2n) is 4.43. The highest BCUT2D eigenvalue weighted by molar-refractivity contribution is 7.71. The van der Waals surface area contributed by atoms with Gasteiger partial charge in [-0.15, -0.1) is 11.3 Å². The molecule has 0 spiro atoms. The molecule has 1 aromatic carbocycles. The first kappa shape index (κ1) is 13.5. The Bertz CT molecular complexity index is 861. The highest BCUT2D eigenvalue weighted by Gasteiger charge is 2.06. The van der Waals surface area contributed by atoms with E-state index in [0.717, 1.165) is 22.2 Å². The lowest BCUT2D eigenvalue weighted by atomic mass is 10.1. The van der Waals surface area contributed by atoms with E-state index in [1.54, 1.807) is 4.57 Å². The minimum Gasteiger partial charge on any atom is -0.331 e. The first-order chi connectivity index (χ1) is 9.65. The van der Waals surface area contributed by atoms with E-state index in [-0.39, 0.29) is 5.56 Å². The van der Waals surface area contributed by atoms with Gasteiger partial charge >= 0.3 is 0 Å². The van der Waals surface area contributed by atoms with E-state index >= 15 is 0 Å². The van der Waals surface area contributed by atoms with Gasteiger partial charge in [-0.05, 0) is 47.8 Å². The molecule has 0 atom stereocenters. The van der Waals surface area contributed by atoms with E-state index < -0.39 is 0 Å². The van der Waals surface area contributed by atoms with Crippen molar-refractivity contribution in [1.82, 2.24) is 9.55 Å². The number of halogens is 1. The number of hydrogen-bond donors (Lipinski definition) is 1. The van der Waals surface area contributed by atoms with Crippen LogP contribution in [-0.4, -0.2) is 9.55 Å². The van der Waals surface area contributed by atoms with Crippen molar-refractivity contribution >= 4 is 45.4 Å². The fourth-order valence-electron chi connectivity index (χ4n) is 2.07. The fourth-order valence-corrected chi connectivity index (χ4v) is 3.27. The summed E-state index contributed by atoms with van der Waals surface area (Å²) in [5.41, 5.74) is 1.92. The largest absolute Gasteiger partial charge is 0.331 e. The average molecular weight is 323 g/mol. The molecule has 0 saturated heterocycles. The monoisotopic (exact) mass is 322 g/mol. The zero-order valence-electron chi connectivity index (χ0n) is 10.4. The third-order valence-electron chi connectivity index (χ3n) is 3.13. The Hall–Kier alpha value is -1.43. The van der Waals surface area contributed by atoms with Crippen molar-refractivity contribution < 1.29 is 0 Å². The summed E-state index contributed by atoms with van der Waals surface area (Å²) in [4.78, 5) is 15.4. The number of thiophene rings is 1. The van der Waals surface area contributed by atoms with Crippen LogP contribution in [0.5, 0.6) is 0 Å². The Morgan fingerprint density at radius 3 is 2.75 bits per heavy atom. The van der Waals surface area contributed by atoms with E-state index in [1.807, 2.05) is 35.7 Å². The van der Waals surface area contributed by atoms with Crippen LogP contribution in [0.25, 0.3) is 10.2 Å². The Morgan fingerprint density at radius 1 is 1.25 bits per heavy atom. The highest BCUT2D eigenvalue weighted by Crippen LogP contribution is 2.14. The zero-order chi connectivity index (χ0) is 14.1. The summed E-state index contributed by atoms with van der Waals surface area (Å²) in [7, 11) is 0. The zero-order valence-corrected chi connectivity index (χ0v) is 12.8. The lowest BCUT2D eigenvalue weighted by Gasteiger charge is -2.06. The molecular formula is C14H11ClN2OS2. The van der Waals surface area contributed by atoms with E-state index in [9.17, 15) is 4.79 Å². The first-order valence-corrected chi connectivity index (χ1v) is 7.76. The third-order valence-corrected chi connectivity index (χ3v) is 4.61. The predicted molar refractivity (Wildman–Crippen MR) is 86.4 cm³/mol. The van der Waals surface area contributed by atoms with Crippen LogP contribution in [0.3, 0.4) is 0 Å². The SMILES string of the molecule is O=c1c2sccc2[nH]c(=S)n1CCc1ccc(Cl)cc1. The number of aromatic nitrogens is 2. The van der Waals surface area contributed by atoms with Crippen molar-refractivity contribution in [1.29, 1.82) is 0 Å². The molecule has 0 aliphatic heterocycles. The molecule has 3 aromatic rings. The van der Waals surface area contributed by atoms with Gasteiger partial charge in [0.25, 0.3) is 5.56 Å². The van der Waals surface area contributed by atoms with E-state index in [2.05, 4.69) is 4.98 Å². The molecule has 0 amide bonds. The van der Waals surface area contributed by atoms with Crippen molar-refractivity contribution in [2.75, 3.05) is 0 Å². The highest BCUT2D eigenvalue weighted by atomic mass is 35.5. The molecule has 0 bridgehead atoms. The van der Waals surface area contributed by atoms with Crippen LogP contribution < -0.4 is 5.56 Å². The van der Waals surface area contributed by atoms with Crippen LogP contribution >= 0.6 is 35.2 Å². The predicted octanol–water partition coefficient (Wildman–Crippen LogP) is 4.02. The summed E-state index contributed by atoms with van der Waals surface area (Å²) in [6, 6.07) is 9.50. The summed E-state index contributed by atoms with van der Waals surface area (Å²) < 4.78 is 2.80. The van der Waals surface area contributed by atoms with E-state index in [4.69, 9.17) is 23.8 Å². The number of aryl methyl sites for hydroxylation is 1. The molecule has 0 fully saturated rings. The van der Waals surface area contributed by atoms with Gasteiger partial charge in [-0.1, -0.05) is 23.7 Å². The quantitative estimate of drug-likeness (QED) is 0.740. The van der Waals surface area contributed by atoms with E-state index in [1.165, 1.54) is 11.3 Å². The fraction of sp³-hybridized carbons (Fsp3) is 0.143. The Kier molecular flexibility index (Phi) is 3.74. The Labute approximate surface area is 129 Å².